The summed E-state index contributed by atoms with van der Waals surface area (Å²) < 4.78 is 21.3. The van der Waals surface area contributed by atoms with Crippen LogP contribution in [0.25, 0.3) is 0 Å². The fourth-order valence-electron chi connectivity index (χ4n) is 4.77. The van der Waals surface area contributed by atoms with Gasteiger partial charge < -0.3 is 9.84 Å². The highest BCUT2D eigenvalue weighted by molar-refractivity contribution is 5.68. The van der Waals surface area contributed by atoms with Gasteiger partial charge in [-0.3, -0.25) is 4.90 Å². The molecule has 1 heterocycles. The number of ether oxygens (including phenoxy) is 1. The molecular formula is C26H48FNO3. The van der Waals surface area contributed by atoms with Crippen LogP contribution in [0.4, 0.5) is 9.18 Å². The highest BCUT2D eigenvalue weighted by Crippen LogP contribution is 2.49. The zero-order chi connectivity index (χ0) is 23.5. The van der Waals surface area contributed by atoms with Gasteiger partial charge in [0.1, 0.15) is 17.4 Å². The summed E-state index contributed by atoms with van der Waals surface area (Å²) in [4.78, 5) is 13.2. The van der Waals surface area contributed by atoms with Gasteiger partial charge in [-0.2, -0.15) is 0 Å². The molecule has 0 aliphatic carbocycles. The Morgan fingerprint density at radius 2 is 1.52 bits per heavy atom. The Kier molecular flexibility index (Phi) is 11.5. The molecule has 0 aromatic rings. The van der Waals surface area contributed by atoms with E-state index in [0.29, 0.717) is 0 Å². The summed E-state index contributed by atoms with van der Waals surface area (Å²) in [5.41, 5.74) is -2.90. The molecule has 1 saturated heterocycles. The van der Waals surface area contributed by atoms with E-state index in [4.69, 9.17) is 4.74 Å². The first kappa shape index (κ1) is 27.9. The van der Waals surface area contributed by atoms with E-state index in [0.717, 1.165) is 12.8 Å². The number of carboxylic acid groups (broad SMARTS) is 1. The lowest BCUT2D eigenvalue weighted by atomic mass is 9.69. The van der Waals surface area contributed by atoms with E-state index in [2.05, 4.69) is 6.92 Å². The smallest absolute Gasteiger partial charge is 0.410 e. The Balaban J connectivity index is 2.43. The Hall–Kier alpha value is -1.10. The molecule has 0 spiro atoms. The molecule has 1 rings (SSSR count). The number of nitrogens with zero attached hydrogens (tertiary/aromatic N) is 1. The van der Waals surface area contributed by atoms with Gasteiger partial charge in [0.2, 0.25) is 0 Å². The zero-order valence-electron chi connectivity index (χ0n) is 21.0. The molecule has 0 radical (unpaired) electrons. The largest absolute Gasteiger partial charge is 0.465 e. The number of rotatable bonds is 14. The van der Waals surface area contributed by atoms with Crippen molar-refractivity contribution in [2.24, 2.45) is 5.41 Å². The van der Waals surface area contributed by atoms with Crippen molar-refractivity contribution < 1.29 is 19.0 Å². The van der Waals surface area contributed by atoms with Gasteiger partial charge in [0, 0.05) is 0 Å². The van der Waals surface area contributed by atoms with Crippen molar-refractivity contribution in [3.8, 4) is 0 Å². The second-order valence-corrected chi connectivity index (χ2v) is 10.7. The number of carbonyl (C=O) groups is 1. The molecule has 1 fully saturated rings. The van der Waals surface area contributed by atoms with Crippen LogP contribution < -0.4 is 0 Å². The summed E-state index contributed by atoms with van der Waals surface area (Å²) >= 11 is 0. The average molecular weight is 442 g/mol. The maximum absolute atomic E-state index is 15.6. The molecule has 2 atom stereocenters. The van der Waals surface area contributed by atoms with E-state index >= 15 is 4.39 Å². The van der Waals surface area contributed by atoms with E-state index < -0.39 is 28.9 Å². The Morgan fingerprint density at radius 3 is 1.97 bits per heavy atom. The lowest BCUT2D eigenvalue weighted by molar-refractivity contribution is -0.0680. The van der Waals surface area contributed by atoms with Gasteiger partial charge in [-0.15, -0.1) is 0 Å². The first-order chi connectivity index (χ1) is 14.5. The predicted octanol–water partition coefficient (Wildman–Crippen LogP) is 8.11. The van der Waals surface area contributed by atoms with E-state index in [9.17, 15) is 9.90 Å². The topological polar surface area (TPSA) is 49.8 Å². The molecule has 1 aliphatic rings. The standard InChI is InChI=1S/C26H48FNO3/c1-7-8-9-10-11-12-13-14-15-16-17-18-19-20-22(27)26(24(2,3)4)21-31-25(5,6)28(26)23(29)30/h19-20,22H,7-18,21H2,1-6H3,(H,29,30)/t22?,26-/m0/s1. The molecule has 182 valence electrons. The van der Waals surface area contributed by atoms with Crippen molar-refractivity contribution in [3.05, 3.63) is 12.2 Å². The van der Waals surface area contributed by atoms with Gasteiger partial charge in [0.25, 0.3) is 0 Å². The summed E-state index contributed by atoms with van der Waals surface area (Å²) in [7, 11) is 0. The lowest BCUT2D eigenvalue weighted by Gasteiger charge is -2.49. The third kappa shape index (κ3) is 7.76. The minimum absolute atomic E-state index is 0.0553. The molecule has 0 aromatic carbocycles. The summed E-state index contributed by atoms with van der Waals surface area (Å²) in [5, 5.41) is 9.84. The van der Waals surface area contributed by atoms with Gasteiger partial charge in [0.15, 0.2) is 0 Å². The summed E-state index contributed by atoms with van der Waals surface area (Å²) in [5.74, 6) is 0. The summed E-state index contributed by atoms with van der Waals surface area (Å²) in [6.07, 6.45) is 15.9. The molecule has 0 aromatic heterocycles. The van der Waals surface area contributed by atoms with Crippen molar-refractivity contribution in [2.45, 2.75) is 136 Å². The fraction of sp³-hybridized carbons (Fsp3) is 0.885. The van der Waals surface area contributed by atoms with Crippen LogP contribution in [0.2, 0.25) is 0 Å². The van der Waals surface area contributed by atoms with Crippen LogP contribution >= 0.6 is 0 Å². The SMILES string of the molecule is CCCCCCCCCCCCCC=CC(F)[C@]1(C(C)(C)C)COC(C)(C)N1C(=O)O. The van der Waals surface area contributed by atoms with Gasteiger partial charge in [-0.25, -0.2) is 9.18 Å². The molecule has 4 nitrogen and oxygen atoms in total. The van der Waals surface area contributed by atoms with Crippen molar-refractivity contribution in [3.63, 3.8) is 0 Å². The number of allylic oxidation sites excluding steroid dienone is 1. The third-order valence-electron chi connectivity index (χ3n) is 6.81. The molecule has 1 N–H and O–H groups in total. The number of unbranched alkanes of at least 4 members (excludes halogenated alkanes) is 11. The monoisotopic (exact) mass is 441 g/mol. The molecule has 0 bridgehead atoms. The quantitative estimate of drug-likeness (QED) is 0.219. The molecule has 0 saturated carbocycles. The molecule has 5 heteroatoms. The average Bonchev–Trinajstić information content (AvgIpc) is 2.97. The van der Waals surface area contributed by atoms with Crippen LogP contribution in [-0.4, -0.2) is 40.1 Å². The molecular weight excluding hydrogens is 393 g/mol. The Morgan fingerprint density at radius 1 is 1.03 bits per heavy atom. The zero-order valence-corrected chi connectivity index (χ0v) is 21.0. The number of halogens is 1. The Labute approximate surface area is 190 Å². The van der Waals surface area contributed by atoms with Crippen LogP contribution in [0.15, 0.2) is 12.2 Å². The van der Waals surface area contributed by atoms with Crippen LogP contribution in [-0.2, 0) is 4.74 Å². The number of hydrogen-bond acceptors (Lipinski definition) is 2. The third-order valence-corrected chi connectivity index (χ3v) is 6.81. The van der Waals surface area contributed by atoms with E-state index in [-0.39, 0.29) is 6.61 Å². The second-order valence-electron chi connectivity index (χ2n) is 10.7. The maximum Gasteiger partial charge on any atom is 0.410 e. The first-order valence-electron chi connectivity index (χ1n) is 12.5. The minimum atomic E-state index is -1.42. The van der Waals surface area contributed by atoms with Gasteiger partial charge in [-0.1, -0.05) is 104 Å². The number of alkyl halides is 1. The fourth-order valence-corrected chi connectivity index (χ4v) is 4.77. The van der Waals surface area contributed by atoms with E-state index in [1.54, 1.807) is 19.9 Å². The van der Waals surface area contributed by atoms with Crippen molar-refractivity contribution >= 4 is 6.09 Å². The molecule has 1 amide bonds. The van der Waals surface area contributed by atoms with E-state index in [1.807, 2.05) is 26.8 Å². The van der Waals surface area contributed by atoms with Crippen LogP contribution in [0.3, 0.4) is 0 Å². The highest BCUT2D eigenvalue weighted by Gasteiger charge is 2.63. The van der Waals surface area contributed by atoms with Crippen LogP contribution in [0.1, 0.15) is 119 Å². The normalized spacial score (nSPS) is 22.4. The van der Waals surface area contributed by atoms with Crippen molar-refractivity contribution in [1.82, 2.24) is 4.90 Å². The minimum Gasteiger partial charge on any atom is -0.465 e. The highest BCUT2D eigenvalue weighted by atomic mass is 19.1. The van der Waals surface area contributed by atoms with Gasteiger partial charge in [0.05, 0.1) is 6.61 Å². The predicted molar refractivity (Wildman–Crippen MR) is 127 cm³/mol. The second kappa shape index (κ2) is 12.8. The summed E-state index contributed by atoms with van der Waals surface area (Å²) in [6.45, 7) is 11.3. The lowest BCUT2D eigenvalue weighted by Crippen LogP contribution is -2.65. The van der Waals surface area contributed by atoms with Crippen molar-refractivity contribution in [1.29, 1.82) is 0 Å². The number of amides is 1. The Bertz CT molecular complexity index is 555. The maximum atomic E-state index is 15.6. The summed E-state index contributed by atoms with van der Waals surface area (Å²) in [6, 6.07) is 0. The molecule has 1 aliphatic heterocycles. The van der Waals surface area contributed by atoms with Gasteiger partial charge in [-0.05, 0) is 32.1 Å². The molecule has 1 unspecified atom stereocenters. The van der Waals surface area contributed by atoms with E-state index in [1.165, 1.54) is 69.1 Å². The van der Waals surface area contributed by atoms with Gasteiger partial charge >= 0.3 is 6.09 Å². The number of hydrogen-bond donors (Lipinski definition) is 1. The molecule has 31 heavy (non-hydrogen) atoms. The van der Waals surface area contributed by atoms with Crippen LogP contribution in [0, 0.1) is 5.41 Å². The van der Waals surface area contributed by atoms with Crippen LogP contribution in [0.5, 0.6) is 0 Å². The van der Waals surface area contributed by atoms with Crippen molar-refractivity contribution in [2.75, 3.05) is 6.61 Å². The first-order valence-corrected chi connectivity index (χ1v) is 12.5.